The van der Waals surface area contributed by atoms with E-state index < -0.39 is 10.0 Å². The van der Waals surface area contributed by atoms with E-state index in [9.17, 15) is 18.8 Å². The van der Waals surface area contributed by atoms with Gasteiger partial charge in [0, 0.05) is 30.1 Å². The number of fused-ring (bicyclic) bond motifs is 1. The second-order valence-electron chi connectivity index (χ2n) is 9.02. The van der Waals surface area contributed by atoms with Crippen LogP contribution in [-0.2, 0) is 10.0 Å². The highest BCUT2D eigenvalue weighted by atomic mass is 32.2. The lowest BCUT2D eigenvalue weighted by Crippen LogP contribution is -2.37. The standard InChI is InChI=1S/C26H29N3O4S/c1-2-33-21-10-13-23-24(16-27)26(29(25(23)15-21)19-5-3-6-19)18-8-11-22(12-9-18)34(31,32)28-14-4-7-20(28)17-30/h8-13,15,19-20,30H,2-7,14,17H2,1H3/t20-/m1/s1. The zero-order chi connectivity index (χ0) is 23.9. The molecule has 1 aromatic heterocycles. The Balaban J connectivity index is 1.61. The van der Waals surface area contributed by atoms with Gasteiger partial charge in [0.25, 0.3) is 0 Å². The molecule has 1 N–H and O–H groups in total. The minimum Gasteiger partial charge on any atom is -0.494 e. The molecule has 34 heavy (non-hydrogen) atoms. The molecule has 1 saturated heterocycles. The van der Waals surface area contributed by atoms with Gasteiger partial charge in [0.1, 0.15) is 11.8 Å². The molecule has 1 aliphatic heterocycles. The first-order valence-corrected chi connectivity index (χ1v) is 13.4. The quantitative estimate of drug-likeness (QED) is 0.540. The van der Waals surface area contributed by atoms with E-state index in [1.54, 1.807) is 24.3 Å². The Morgan fingerprint density at radius 1 is 1.12 bits per heavy atom. The number of hydrogen-bond acceptors (Lipinski definition) is 5. The van der Waals surface area contributed by atoms with Crippen molar-refractivity contribution in [3.8, 4) is 23.1 Å². The Bertz CT molecular complexity index is 1350. The van der Waals surface area contributed by atoms with Crippen molar-refractivity contribution in [3.05, 3.63) is 48.0 Å². The van der Waals surface area contributed by atoms with Gasteiger partial charge in [-0.25, -0.2) is 8.42 Å². The molecule has 2 aliphatic rings. The number of aromatic nitrogens is 1. The van der Waals surface area contributed by atoms with Crippen molar-refractivity contribution in [1.82, 2.24) is 8.87 Å². The summed E-state index contributed by atoms with van der Waals surface area (Å²) in [4.78, 5) is 0.208. The number of benzene rings is 2. The fourth-order valence-electron chi connectivity index (χ4n) is 5.20. The van der Waals surface area contributed by atoms with Crippen molar-refractivity contribution < 1.29 is 18.3 Å². The maximum Gasteiger partial charge on any atom is 0.243 e. The van der Waals surface area contributed by atoms with Gasteiger partial charge in [-0.3, -0.25) is 0 Å². The minimum absolute atomic E-state index is 0.173. The zero-order valence-corrected chi connectivity index (χ0v) is 20.1. The third-order valence-corrected chi connectivity index (χ3v) is 9.07. The molecule has 2 aromatic carbocycles. The third kappa shape index (κ3) is 3.68. The molecule has 1 saturated carbocycles. The predicted octanol–water partition coefficient (Wildman–Crippen LogP) is 4.45. The van der Waals surface area contributed by atoms with Crippen molar-refractivity contribution in [2.24, 2.45) is 0 Å². The lowest BCUT2D eigenvalue weighted by Gasteiger charge is -2.30. The van der Waals surface area contributed by atoms with Gasteiger partial charge in [-0.05, 0) is 68.9 Å². The van der Waals surface area contributed by atoms with Crippen LogP contribution in [-0.4, -0.2) is 48.2 Å². The van der Waals surface area contributed by atoms with Gasteiger partial charge in [0.15, 0.2) is 0 Å². The van der Waals surface area contributed by atoms with Gasteiger partial charge in [-0.2, -0.15) is 9.57 Å². The third-order valence-electron chi connectivity index (χ3n) is 7.11. The Kier molecular flexibility index (Phi) is 6.11. The van der Waals surface area contributed by atoms with Crippen LogP contribution in [0.15, 0.2) is 47.4 Å². The number of ether oxygens (including phenoxy) is 1. The molecule has 7 nitrogen and oxygen atoms in total. The van der Waals surface area contributed by atoms with E-state index in [1.807, 2.05) is 25.1 Å². The molecular formula is C26H29N3O4S. The fraction of sp³-hybridized carbons (Fsp3) is 0.423. The number of nitrogens with zero attached hydrogens (tertiary/aromatic N) is 3. The molecule has 2 heterocycles. The summed E-state index contributed by atoms with van der Waals surface area (Å²) in [6, 6.07) is 15.0. The first-order valence-electron chi connectivity index (χ1n) is 11.9. The van der Waals surface area contributed by atoms with Crippen LogP contribution in [0.25, 0.3) is 22.2 Å². The summed E-state index contributed by atoms with van der Waals surface area (Å²) in [5, 5.41) is 20.6. The van der Waals surface area contributed by atoms with Crippen LogP contribution >= 0.6 is 0 Å². The topological polar surface area (TPSA) is 95.6 Å². The minimum atomic E-state index is -3.69. The summed E-state index contributed by atoms with van der Waals surface area (Å²) in [7, 11) is -3.69. The molecule has 2 fully saturated rings. The number of hydrogen-bond donors (Lipinski definition) is 1. The van der Waals surface area contributed by atoms with E-state index in [4.69, 9.17) is 4.74 Å². The zero-order valence-electron chi connectivity index (χ0n) is 19.3. The summed E-state index contributed by atoms with van der Waals surface area (Å²) >= 11 is 0. The molecule has 0 bridgehead atoms. The Hall–Kier alpha value is -2.86. The Morgan fingerprint density at radius 2 is 1.88 bits per heavy atom. The number of nitriles is 1. The van der Waals surface area contributed by atoms with Crippen LogP contribution in [0, 0.1) is 11.3 Å². The van der Waals surface area contributed by atoms with Crippen LogP contribution in [0.1, 0.15) is 50.6 Å². The normalized spacial score (nSPS) is 19.3. The van der Waals surface area contributed by atoms with E-state index in [1.165, 1.54) is 4.31 Å². The van der Waals surface area contributed by atoms with E-state index in [0.29, 0.717) is 31.2 Å². The molecule has 5 rings (SSSR count). The molecule has 0 amide bonds. The maximum atomic E-state index is 13.2. The molecule has 0 radical (unpaired) electrons. The van der Waals surface area contributed by atoms with Crippen molar-refractivity contribution in [3.63, 3.8) is 0 Å². The monoisotopic (exact) mass is 479 g/mol. The molecule has 0 unspecified atom stereocenters. The summed E-state index contributed by atoms with van der Waals surface area (Å²) in [5.74, 6) is 0.773. The second kappa shape index (κ2) is 9.06. The molecule has 3 aromatic rings. The average Bonchev–Trinajstić information content (AvgIpc) is 3.42. The van der Waals surface area contributed by atoms with Gasteiger partial charge in [0.2, 0.25) is 10.0 Å². The fourth-order valence-corrected chi connectivity index (χ4v) is 6.88. The number of rotatable bonds is 7. The number of aliphatic hydroxyl groups excluding tert-OH is 1. The maximum absolute atomic E-state index is 13.2. The van der Waals surface area contributed by atoms with E-state index in [2.05, 4.69) is 10.6 Å². The van der Waals surface area contributed by atoms with Crippen molar-refractivity contribution in [1.29, 1.82) is 5.26 Å². The van der Waals surface area contributed by atoms with E-state index in [0.717, 1.165) is 53.6 Å². The van der Waals surface area contributed by atoms with Crippen LogP contribution in [0.2, 0.25) is 0 Å². The number of sulfonamides is 1. The van der Waals surface area contributed by atoms with Crippen LogP contribution < -0.4 is 4.74 Å². The summed E-state index contributed by atoms with van der Waals surface area (Å²) in [6.07, 6.45) is 4.66. The average molecular weight is 480 g/mol. The van der Waals surface area contributed by atoms with Crippen molar-refractivity contribution in [2.45, 2.75) is 56.0 Å². The lowest BCUT2D eigenvalue weighted by molar-refractivity contribution is 0.213. The smallest absolute Gasteiger partial charge is 0.243 e. The highest BCUT2D eigenvalue weighted by Crippen LogP contribution is 2.43. The molecule has 1 atom stereocenters. The molecular weight excluding hydrogens is 450 g/mol. The molecule has 0 spiro atoms. The van der Waals surface area contributed by atoms with Crippen LogP contribution in [0.3, 0.4) is 0 Å². The van der Waals surface area contributed by atoms with Gasteiger partial charge in [0.05, 0.1) is 34.9 Å². The summed E-state index contributed by atoms with van der Waals surface area (Å²) in [6.45, 7) is 2.76. The van der Waals surface area contributed by atoms with Gasteiger partial charge in [-0.1, -0.05) is 12.1 Å². The van der Waals surface area contributed by atoms with Gasteiger partial charge in [-0.15, -0.1) is 0 Å². The predicted molar refractivity (Wildman–Crippen MR) is 130 cm³/mol. The van der Waals surface area contributed by atoms with Crippen molar-refractivity contribution in [2.75, 3.05) is 19.8 Å². The molecule has 8 heteroatoms. The molecule has 1 aliphatic carbocycles. The first kappa shape index (κ1) is 22.9. The lowest BCUT2D eigenvalue weighted by atomic mass is 9.92. The van der Waals surface area contributed by atoms with Gasteiger partial charge < -0.3 is 14.4 Å². The van der Waals surface area contributed by atoms with E-state index in [-0.39, 0.29) is 17.5 Å². The van der Waals surface area contributed by atoms with E-state index >= 15 is 0 Å². The highest BCUT2D eigenvalue weighted by Gasteiger charge is 2.35. The SMILES string of the molecule is CCOc1ccc2c(C#N)c(-c3ccc(S(=O)(=O)N4CCC[C@@H]4CO)cc3)n(C3CCC3)c2c1. The second-order valence-corrected chi connectivity index (χ2v) is 10.9. The van der Waals surface area contributed by atoms with Gasteiger partial charge >= 0.3 is 0 Å². The summed E-state index contributed by atoms with van der Waals surface area (Å²) in [5.41, 5.74) is 3.22. The van der Waals surface area contributed by atoms with Crippen molar-refractivity contribution >= 4 is 20.9 Å². The Morgan fingerprint density at radius 3 is 2.50 bits per heavy atom. The largest absolute Gasteiger partial charge is 0.494 e. The highest BCUT2D eigenvalue weighted by molar-refractivity contribution is 7.89. The number of aliphatic hydroxyl groups is 1. The first-order chi connectivity index (χ1) is 16.5. The summed E-state index contributed by atoms with van der Waals surface area (Å²) < 4.78 is 35.7. The molecule has 178 valence electrons. The van der Waals surface area contributed by atoms with Crippen LogP contribution in [0.5, 0.6) is 5.75 Å². The Labute approximate surface area is 200 Å². The van der Waals surface area contributed by atoms with Crippen LogP contribution in [0.4, 0.5) is 0 Å².